The highest BCUT2D eigenvalue weighted by Gasteiger charge is 2.37. The molecule has 1 fully saturated rings. The average molecular weight is 433 g/mol. The number of hydrogen-bond donors (Lipinski definition) is 2. The van der Waals surface area contributed by atoms with Crippen LogP contribution in [0.5, 0.6) is 11.5 Å². The molecule has 3 atom stereocenters. The summed E-state index contributed by atoms with van der Waals surface area (Å²) in [6.45, 7) is 4.32. The molecule has 1 saturated heterocycles. The second kappa shape index (κ2) is 8.66. The van der Waals surface area contributed by atoms with Crippen LogP contribution in [-0.2, 0) is 22.4 Å². The van der Waals surface area contributed by atoms with Crippen molar-refractivity contribution in [1.29, 1.82) is 0 Å². The number of rotatable bonds is 6. The van der Waals surface area contributed by atoms with E-state index in [1.165, 1.54) is 26.4 Å². The molecule has 0 unspecified atom stereocenters. The SMILES string of the molecule is C=CC(=O)N[C@H]1COC[C@H]1c1n[nH]c2c1CC[C@H](c1c(F)c(OC)cc(OC)c1F)C2. The standard InChI is InChI=1S/C22H25F2N3O4/c1-4-18(28)25-15-10-31-9-13(15)22-12-6-5-11(7-14(12)26-27-22)19-20(23)16(29-2)8-17(30-3)21(19)24/h4,8,11,13,15H,1,5-7,9-10H2,2-3H3,(H,25,28)(H,26,27)/t11-,13+,15-/m0/s1. The van der Waals surface area contributed by atoms with E-state index >= 15 is 0 Å². The first-order chi connectivity index (χ1) is 15.0. The second-order valence-electron chi connectivity index (χ2n) is 7.79. The van der Waals surface area contributed by atoms with Crippen LogP contribution in [0.25, 0.3) is 0 Å². The van der Waals surface area contributed by atoms with Gasteiger partial charge >= 0.3 is 0 Å². The maximum absolute atomic E-state index is 15.0. The van der Waals surface area contributed by atoms with Crippen LogP contribution in [-0.4, -0.2) is 49.6 Å². The normalized spacial score (nSPS) is 22.6. The number of carbonyl (C=O) groups is 1. The molecule has 166 valence electrons. The fraction of sp³-hybridized carbons (Fsp3) is 0.455. The number of fused-ring (bicyclic) bond motifs is 1. The van der Waals surface area contributed by atoms with Gasteiger partial charge in [0.05, 0.1) is 39.2 Å². The van der Waals surface area contributed by atoms with Gasteiger partial charge in [0.15, 0.2) is 23.1 Å². The van der Waals surface area contributed by atoms with Crippen molar-refractivity contribution in [3.8, 4) is 11.5 Å². The molecule has 2 aliphatic rings. The molecule has 7 nitrogen and oxygen atoms in total. The first kappa shape index (κ1) is 21.3. The fourth-order valence-corrected chi connectivity index (χ4v) is 4.56. The highest BCUT2D eigenvalue weighted by molar-refractivity contribution is 5.87. The third-order valence-electron chi connectivity index (χ3n) is 6.14. The molecule has 0 bridgehead atoms. The van der Waals surface area contributed by atoms with Gasteiger partial charge in [0, 0.05) is 23.2 Å². The molecule has 1 aliphatic heterocycles. The molecular formula is C22H25F2N3O4. The molecular weight excluding hydrogens is 408 g/mol. The molecule has 1 amide bonds. The molecule has 31 heavy (non-hydrogen) atoms. The number of amides is 1. The summed E-state index contributed by atoms with van der Waals surface area (Å²) >= 11 is 0. The maximum atomic E-state index is 15.0. The summed E-state index contributed by atoms with van der Waals surface area (Å²) < 4.78 is 45.6. The lowest BCUT2D eigenvalue weighted by atomic mass is 9.80. The number of benzene rings is 1. The molecule has 1 aromatic carbocycles. The topological polar surface area (TPSA) is 85.5 Å². The summed E-state index contributed by atoms with van der Waals surface area (Å²) in [5, 5.41) is 10.4. The van der Waals surface area contributed by atoms with E-state index in [-0.39, 0.29) is 40.8 Å². The molecule has 4 rings (SSSR count). The third-order valence-corrected chi connectivity index (χ3v) is 6.14. The van der Waals surface area contributed by atoms with Gasteiger partial charge in [-0.1, -0.05) is 6.58 Å². The van der Waals surface area contributed by atoms with Crippen molar-refractivity contribution in [2.24, 2.45) is 0 Å². The van der Waals surface area contributed by atoms with E-state index in [4.69, 9.17) is 14.2 Å². The Morgan fingerprint density at radius 3 is 2.65 bits per heavy atom. The Kier molecular flexibility index (Phi) is 5.95. The zero-order chi connectivity index (χ0) is 22.1. The van der Waals surface area contributed by atoms with Gasteiger partial charge in [0.2, 0.25) is 5.91 Å². The van der Waals surface area contributed by atoms with Gasteiger partial charge in [-0.2, -0.15) is 5.10 Å². The van der Waals surface area contributed by atoms with Crippen molar-refractivity contribution < 1.29 is 27.8 Å². The number of ether oxygens (including phenoxy) is 3. The number of aromatic nitrogens is 2. The Morgan fingerprint density at radius 1 is 1.29 bits per heavy atom. The first-order valence-electron chi connectivity index (χ1n) is 10.1. The van der Waals surface area contributed by atoms with E-state index in [2.05, 4.69) is 22.1 Å². The maximum Gasteiger partial charge on any atom is 0.243 e. The van der Waals surface area contributed by atoms with Gasteiger partial charge in [-0.15, -0.1) is 0 Å². The van der Waals surface area contributed by atoms with Crippen LogP contribution in [0.2, 0.25) is 0 Å². The number of nitrogens with zero attached hydrogens (tertiary/aromatic N) is 1. The lowest BCUT2D eigenvalue weighted by molar-refractivity contribution is -0.117. The van der Waals surface area contributed by atoms with Crippen LogP contribution in [0, 0.1) is 11.6 Å². The highest BCUT2D eigenvalue weighted by Crippen LogP contribution is 2.42. The van der Waals surface area contributed by atoms with Crippen LogP contribution in [0.1, 0.15) is 40.8 Å². The van der Waals surface area contributed by atoms with Gasteiger partial charge in [-0.05, 0) is 36.8 Å². The summed E-state index contributed by atoms with van der Waals surface area (Å²) in [7, 11) is 2.68. The van der Waals surface area contributed by atoms with Crippen molar-refractivity contribution in [1.82, 2.24) is 15.5 Å². The molecule has 0 spiro atoms. The van der Waals surface area contributed by atoms with Crippen LogP contribution >= 0.6 is 0 Å². The van der Waals surface area contributed by atoms with Crippen LogP contribution in [0.4, 0.5) is 8.78 Å². The number of halogens is 2. The van der Waals surface area contributed by atoms with Gasteiger partial charge < -0.3 is 19.5 Å². The van der Waals surface area contributed by atoms with Crippen molar-refractivity contribution >= 4 is 5.91 Å². The van der Waals surface area contributed by atoms with E-state index in [0.717, 1.165) is 17.0 Å². The first-order valence-corrected chi connectivity index (χ1v) is 10.1. The third kappa shape index (κ3) is 3.78. The number of nitrogens with one attached hydrogen (secondary N) is 2. The predicted octanol–water partition coefficient (Wildman–Crippen LogP) is 2.76. The smallest absolute Gasteiger partial charge is 0.243 e. The van der Waals surface area contributed by atoms with E-state index in [1.54, 1.807) is 0 Å². The van der Waals surface area contributed by atoms with Gasteiger partial charge in [0.1, 0.15) is 0 Å². The molecule has 9 heteroatoms. The summed E-state index contributed by atoms with van der Waals surface area (Å²) in [6, 6.07) is 1.02. The van der Waals surface area contributed by atoms with Crippen molar-refractivity contribution in [2.75, 3.05) is 27.4 Å². The van der Waals surface area contributed by atoms with E-state index < -0.39 is 11.6 Å². The highest BCUT2D eigenvalue weighted by atomic mass is 19.1. The number of carbonyl (C=O) groups excluding carboxylic acids is 1. The monoisotopic (exact) mass is 433 g/mol. The zero-order valence-corrected chi connectivity index (χ0v) is 17.5. The second-order valence-corrected chi connectivity index (χ2v) is 7.79. The number of methoxy groups -OCH3 is 2. The van der Waals surface area contributed by atoms with E-state index in [0.29, 0.717) is 32.5 Å². The molecule has 0 radical (unpaired) electrons. The molecule has 0 saturated carbocycles. The lowest BCUT2D eigenvalue weighted by Crippen LogP contribution is -2.38. The Bertz CT molecular complexity index is 979. The Labute approximate surface area is 178 Å². The number of aromatic amines is 1. The van der Waals surface area contributed by atoms with E-state index in [1.807, 2.05) is 0 Å². The van der Waals surface area contributed by atoms with Crippen LogP contribution in [0.15, 0.2) is 18.7 Å². The lowest BCUT2D eigenvalue weighted by Gasteiger charge is -2.26. The summed E-state index contributed by atoms with van der Waals surface area (Å²) in [4.78, 5) is 11.7. The van der Waals surface area contributed by atoms with Gasteiger partial charge in [0.25, 0.3) is 0 Å². The van der Waals surface area contributed by atoms with Crippen molar-refractivity contribution in [2.45, 2.75) is 37.1 Å². The largest absolute Gasteiger partial charge is 0.494 e. The van der Waals surface area contributed by atoms with Gasteiger partial charge in [-0.25, -0.2) is 8.78 Å². The summed E-state index contributed by atoms with van der Waals surface area (Å²) in [5.74, 6) is -2.24. The van der Waals surface area contributed by atoms with Gasteiger partial charge in [-0.3, -0.25) is 9.89 Å². The molecule has 1 aliphatic carbocycles. The molecule has 2 heterocycles. The molecule has 1 aromatic heterocycles. The zero-order valence-electron chi connectivity index (χ0n) is 17.5. The fourth-order valence-electron chi connectivity index (χ4n) is 4.56. The quantitative estimate of drug-likeness (QED) is 0.685. The Balaban J connectivity index is 1.61. The minimum absolute atomic E-state index is 0.0293. The minimum Gasteiger partial charge on any atom is -0.494 e. The van der Waals surface area contributed by atoms with Crippen molar-refractivity contribution in [3.63, 3.8) is 0 Å². The Morgan fingerprint density at radius 2 is 2.00 bits per heavy atom. The molecule has 2 N–H and O–H groups in total. The van der Waals surface area contributed by atoms with E-state index in [9.17, 15) is 13.6 Å². The Hall–Kier alpha value is -2.94. The number of hydrogen-bond acceptors (Lipinski definition) is 5. The minimum atomic E-state index is -0.703. The predicted molar refractivity (Wildman–Crippen MR) is 109 cm³/mol. The van der Waals surface area contributed by atoms with Crippen LogP contribution < -0.4 is 14.8 Å². The molecule has 2 aromatic rings. The summed E-state index contributed by atoms with van der Waals surface area (Å²) in [5.41, 5.74) is 2.68. The van der Waals surface area contributed by atoms with Crippen LogP contribution in [0.3, 0.4) is 0 Å². The van der Waals surface area contributed by atoms with Crippen molar-refractivity contribution in [3.05, 3.63) is 52.9 Å². The average Bonchev–Trinajstić information content (AvgIpc) is 3.40. The number of H-pyrrole nitrogens is 1. The summed E-state index contributed by atoms with van der Waals surface area (Å²) in [6.07, 6.45) is 2.78.